The first-order valence-electron chi connectivity index (χ1n) is 4.96. The predicted molar refractivity (Wildman–Crippen MR) is 65.2 cm³/mol. The average Bonchev–Trinajstić information content (AvgIpc) is 2.20. The molecule has 76 valence electrons. The van der Waals surface area contributed by atoms with E-state index in [1.807, 2.05) is 18.2 Å². The van der Waals surface area contributed by atoms with E-state index in [9.17, 15) is 0 Å². The fourth-order valence-corrected chi connectivity index (χ4v) is 1.96. The predicted octanol–water partition coefficient (Wildman–Crippen LogP) is 4.04. The van der Waals surface area contributed by atoms with Crippen LogP contribution in [0.15, 0.2) is 22.7 Å². The van der Waals surface area contributed by atoms with Gasteiger partial charge in [0.1, 0.15) is 0 Å². The van der Waals surface area contributed by atoms with Crippen molar-refractivity contribution >= 4 is 22.1 Å². The summed E-state index contributed by atoms with van der Waals surface area (Å²) >= 11 is 3.54. The van der Waals surface area contributed by atoms with Gasteiger partial charge in [0.2, 0.25) is 0 Å². The number of benzene rings is 1. The Morgan fingerprint density at radius 3 is 2.79 bits per heavy atom. The summed E-state index contributed by atoms with van der Waals surface area (Å²) in [6.45, 7) is 4.44. The highest BCUT2D eigenvalue weighted by Gasteiger charge is 2.08. The lowest BCUT2D eigenvalue weighted by molar-refractivity contribution is 0.559. The average molecular weight is 254 g/mol. The Hall–Kier alpha value is -0.630. The van der Waals surface area contributed by atoms with E-state index in [4.69, 9.17) is 5.41 Å². The second kappa shape index (κ2) is 5.30. The van der Waals surface area contributed by atoms with Crippen molar-refractivity contribution in [3.63, 3.8) is 0 Å². The first kappa shape index (κ1) is 11.4. The van der Waals surface area contributed by atoms with Crippen LogP contribution in [0.3, 0.4) is 0 Å². The molecule has 0 aliphatic carbocycles. The van der Waals surface area contributed by atoms with E-state index in [1.54, 1.807) is 0 Å². The Labute approximate surface area is 94.2 Å². The van der Waals surface area contributed by atoms with Crippen LogP contribution in [-0.2, 0) is 6.42 Å². The van der Waals surface area contributed by atoms with Crippen LogP contribution >= 0.6 is 15.9 Å². The van der Waals surface area contributed by atoms with Gasteiger partial charge in [-0.2, -0.15) is 0 Å². The highest BCUT2D eigenvalue weighted by molar-refractivity contribution is 9.10. The standard InChI is InChI=1S/C12H16BrN/c1-3-9(2)7-11-10(8-14)5-4-6-12(11)13/h4-6,8-9,14H,3,7H2,1-2H3. The van der Waals surface area contributed by atoms with Crippen molar-refractivity contribution < 1.29 is 0 Å². The molecule has 14 heavy (non-hydrogen) atoms. The molecule has 1 unspecified atom stereocenters. The van der Waals surface area contributed by atoms with E-state index >= 15 is 0 Å². The fourth-order valence-electron chi connectivity index (χ4n) is 1.42. The number of nitrogens with one attached hydrogen (secondary N) is 1. The molecule has 0 saturated heterocycles. The topological polar surface area (TPSA) is 23.9 Å². The molecule has 0 bridgehead atoms. The maximum Gasteiger partial charge on any atom is 0.0253 e. The van der Waals surface area contributed by atoms with Crippen molar-refractivity contribution in [2.75, 3.05) is 0 Å². The van der Waals surface area contributed by atoms with E-state index in [-0.39, 0.29) is 0 Å². The Morgan fingerprint density at radius 2 is 2.21 bits per heavy atom. The summed E-state index contributed by atoms with van der Waals surface area (Å²) in [5.41, 5.74) is 2.29. The number of hydrogen-bond donors (Lipinski definition) is 1. The minimum Gasteiger partial charge on any atom is -0.308 e. The van der Waals surface area contributed by atoms with E-state index < -0.39 is 0 Å². The number of halogens is 1. The Bertz CT molecular complexity index is 320. The highest BCUT2D eigenvalue weighted by atomic mass is 79.9. The van der Waals surface area contributed by atoms with Crippen molar-refractivity contribution in [2.45, 2.75) is 26.7 Å². The molecule has 1 rings (SSSR count). The second-order valence-electron chi connectivity index (χ2n) is 3.67. The van der Waals surface area contributed by atoms with Crippen LogP contribution in [0.2, 0.25) is 0 Å². The molecule has 1 aromatic carbocycles. The SMILES string of the molecule is CCC(C)Cc1c(Br)cccc1C=N. The molecule has 0 aliphatic heterocycles. The molecule has 0 radical (unpaired) electrons. The van der Waals surface area contributed by atoms with Gasteiger partial charge in [-0.25, -0.2) is 0 Å². The third-order valence-electron chi connectivity index (χ3n) is 2.56. The lowest BCUT2D eigenvalue weighted by Gasteiger charge is -2.12. The van der Waals surface area contributed by atoms with Gasteiger partial charge >= 0.3 is 0 Å². The van der Waals surface area contributed by atoms with E-state index in [0.29, 0.717) is 5.92 Å². The van der Waals surface area contributed by atoms with Crippen molar-refractivity contribution in [3.05, 3.63) is 33.8 Å². The molecule has 1 nitrogen and oxygen atoms in total. The maximum atomic E-state index is 7.34. The van der Waals surface area contributed by atoms with Crippen molar-refractivity contribution in [3.8, 4) is 0 Å². The largest absolute Gasteiger partial charge is 0.308 e. The minimum absolute atomic E-state index is 0.674. The van der Waals surface area contributed by atoms with E-state index in [2.05, 4.69) is 29.8 Å². The summed E-state index contributed by atoms with van der Waals surface area (Å²) in [6, 6.07) is 6.02. The van der Waals surface area contributed by atoms with Crippen LogP contribution < -0.4 is 0 Å². The Morgan fingerprint density at radius 1 is 1.50 bits per heavy atom. The minimum atomic E-state index is 0.674. The van der Waals surface area contributed by atoms with Gasteiger partial charge in [0.05, 0.1) is 0 Å². The zero-order valence-corrected chi connectivity index (χ0v) is 10.3. The highest BCUT2D eigenvalue weighted by Crippen LogP contribution is 2.23. The van der Waals surface area contributed by atoms with E-state index in [0.717, 1.165) is 16.5 Å². The van der Waals surface area contributed by atoms with Gasteiger partial charge in [-0.3, -0.25) is 0 Å². The van der Waals surface area contributed by atoms with Gasteiger partial charge in [-0.05, 0) is 29.5 Å². The van der Waals surface area contributed by atoms with Crippen molar-refractivity contribution in [1.82, 2.24) is 0 Å². The van der Waals surface area contributed by atoms with Crippen molar-refractivity contribution in [1.29, 1.82) is 5.41 Å². The first-order valence-corrected chi connectivity index (χ1v) is 5.76. The zero-order valence-electron chi connectivity index (χ0n) is 8.68. The van der Waals surface area contributed by atoms with Crippen LogP contribution in [0, 0.1) is 11.3 Å². The van der Waals surface area contributed by atoms with Crippen LogP contribution in [0.25, 0.3) is 0 Å². The normalized spacial score (nSPS) is 12.5. The molecule has 1 atom stereocenters. The third kappa shape index (κ3) is 2.68. The molecule has 0 aliphatic rings. The maximum absolute atomic E-state index is 7.34. The van der Waals surface area contributed by atoms with Crippen molar-refractivity contribution in [2.24, 2.45) is 5.92 Å². The molecular formula is C12H16BrN. The molecule has 0 spiro atoms. The monoisotopic (exact) mass is 253 g/mol. The third-order valence-corrected chi connectivity index (χ3v) is 3.30. The first-order chi connectivity index (χ1) is 6.69. The number of hydrogen-bond acceptors (Lipinski definition) is 1. The summed E-state index contributed by atoms with van der Waals surface area (Å²) in [7, 11) is 0. The second-order valence-corrected chi connectivity index (χ2v) is 4.52. The summed E-state index contributed by atoms with van der Waals surface area (Å²) in [5, 5.41) is 7.34. The lowest BCUT2D eigenvalue weighted by atomic mass is 9.95. The van der Waals surface area contributed by atoms with Gasteiger partial charge in [0.15, 0.2) is 0 Å². The van der Waals surface area contributed by atoms with Crippen LogP contribution in [0.5, 0.6) is 0 Å². The molecule has 1 aromatic rings. The quantitative estimate of drug-likeness (QED) is 0.784. The fraction of sp³-hybridized carbons (Fsp3) is 0.417. The number of rotatable bonds is 4. The molecule has 2 heteroatoms. The summed E-state index contributed by atoms with van der Waals surface area (Å²) in [4.78, 5) is 0. The van der Waals surface area contributed by atoms with Crippen LogP contribution in [0.4, 0.5) is 0 Å². The van der Waals surface area contributed by atoms with Gasteiger partial charge in [0.25, 0.3) is 0 Å². The van der Waals surface area contributed by atoms with Crippen LogP contribution in [-0.4, -0.2) is 6.21 Å². The molecule has 0 amide bonds. The van der Waals surface area contributed by atoms with Gasteiger partial charge in [-0.15, -0.1) is 0 Å². The molecule has 0 aromatic heterocycles. The molecule has 1 N–H and O–H groups in total. The van der Waals surface area contributed by atoms with Gasteiger partial charge in [0, 0.05) is 10.7 Å². The lowest BCUT2D eigenvalue weighted by Crippen LogP contribution is -2.02. The summed E-state index contributed by atoms with van der Waals surface area (Å²) in [5.74, 6) is 0.674. The Kier molecular flexibility index (Phi) is 4.33. The van der Waals surface area contributed by atoms with Gasteiger partial charge < -0.3 is 5.41 Å². The van der Waals surface area contributed by atoms with Crippen LogP contribution in [0.1, 0.15) is 31.4 Å². The molecule has 0 saturated carbocycles. The molecule has 0 heterocycles. The zero-order chi connectivity index (χ0) is 10.6. The molecule has 0 fully saturated rings. The molecular weight excluding hydrogens is 238 g/mol. The van der Waals surface area contributed by atoms with E-state index in [1.165, 1.54) is 18.2 Å². The smallest absolute Gasteiger partial charge is 0.0253 e. The van der Waals surface area contributed by atoms with Gasteiger partial charge in [-0.1, -0.05) is 48.3 Å². The summed E-state index contributed by atoms with van der Waals surface area (Å²) < 4.78 is 1.12. The Balaban J connectivity index is 2.98. The summed E-state index contributed by atoms with van der Waals surface area (Å²) in [6.07, 6.45) is 3.66.